The van der Waals surface area contributed by atoms with E-state index in [1.807, 2.05) is 18.2 Å². The van der Waals surface area contributed by atoms with Gasteiger partial charge in [-0.05, 0) is 18.1 Å². The Labute approximate surface area is 115 Å². The van der Waals surface area contributed by atoms with Gasteiger partial charge in [-0.1, -0.05) is 38.8 Å². The largest absolute Gasteiger partial charge is 0.391 e. The van der Waals surface area contributed by atoms with Crippen molar-refractivity contribution < 1.29 is 9.90 Å². The molecule has 0 saturated carbocycles. The molecule has 0 aliphatic heterocycles. The molecule has 0 aliphatic carbocycles. The summed E-state index contributed by atoms with van der Waals surface area (Å²) in [7, 11) is 1.78. The van der Waals surface area contributed by atoms with Crippen molar-refractivity contribution in [3.05, 3.63) is 29.8 Å². The van der Waals surface area contributed by atoms with Crippen molar-refractivity contribution in [2.24, 2.45) is 5.92 Å². The second kappa shape index (κ2) is 7.79. The van der Waals surface area contributed by atoms with Crippen LogP contribution in [0.5, 0.6) is 0 Å². The van der Waals surface area contributed by atoms with Gasteiger partial charge in [-0.3, -0.25) is 4.79 Å². The third-order valence-corrected chi connectivity index (χ3v) is 3.51. The van der Waals surface area contributed by atoms with Crippen LogP contribution < -0.4 is 10.6 Å². The van der Waals surface area contributed by atoms with Gasteiger partial charge >= 0.3 is 0 Å². The van der Waals surface area contributed by atoms with Gasteiger partial charge in [0.15, 0.2) is 0 Å². The highest BCUT2D eigenvalue weighted by Crippen LogP contribution is 2.15. The van der Waals surface area contributed by atoms with Crippen molar-refractivity contribution in [2.75, 3.05) is 18.9 Å². The first kappa shape index (κ1) is 15.5. The van der Waals surface area contributed by atoms with Crippen molar-refractivity contribution >= 4 is 11.6 Å². The zero-order valence-corrected chi connectivity index (χ0v) is 11.9. The fraction of sp³-hybridized carbons (Fsp3) is 0.533. The summed E-state index contributed by atoms with van der Waals surface area (Å²) in [6, 6.07) is 7.33. The average molecular weight is 264 g/mol. The predicted molar refractivity (Wildman–Crippen MR) is 78.4 cm³/mol. The highest BCUT2D eigenvalue weighted by Gasteiger charge is 2.17. The van der Waals surface area contributed by atoms with E-state index in [4.69, 9.17) is 0 Å². The number of nitrogens with one attached hydrogen (secondary N) is 2. The molecule has 4 nitrogen and oxygen atoms in total. The van der Waals surface area contributed by atoms with Crippen molar-refractivity contribution in [1.29, 1.82) is 0 Å². The summed E-state index contributed by atoms with van der Waals surface area (Å²) in [5.41, 5.74) is 1.39. The molecule has 1 aromatic carbocycles. The van der Waals surface area contributed by atoms with Crippen LogP contribution in [0.25, 0.3) is 0 Å². The molecule has 0 radical (unpaired) electrons. The molecule has 1 amide bonds. The van der Waals surface area contributed by atoms with E-state index in [2.05, 4.69) is 24.5 Å². The predicted octanol–water partition coefficient (Wildman–Crippen LogP) is 2.26. The Morgan fingerprint density at radius 2 is 1.89 bits per heavy atom. The Hall–Kier alpha value is -1.55. The minimum absolute atomic E-state index is 0.157. The molecular weight excluding hydrogens is 240 g/mol. The molecule has 4 heteroatoms. The minimum atomic E-state index is -0.485. The summed E-state index contributed by atoms with van der Waals surface area (Å²) < 4.78 is 0. The van der Waals surface area contributed by atoms with E-state index in [0.29, 0.717) is 12.1 Å². The molecule has 0 heterocycles. The lowest BCUT2D eigenvalue weighted by Gasteiger charge is -2.20. The number of para-hydroxylation sites is 1. The van der Waals surface area contributed by atoms with Crippen molar-refractivity contribution in [1.82, 2.24) is 5.32 Å². The molecule has 0 fully saturated rings. The molecule has 1 unspecified atom stereocenters. The summed E-state index contributed by atoms with van der Waals surface area (Å²) in [5, 5.41) is 15.8. The first-order chi connectivity index (χ1) is 9.13. The number of rotatable bonds is 7. The van der Waals surface area contributed by atoms with Gasteiger partial charge < -0.3 is 15.7 Å². The molecule has 106 valence electrons. The molecule has 1 rings (SSSR count). The zero-order valence-electron chi connectivity index (χ0n) is 11.9. The van der Waals surface area contributed by atoms with Crippen LogP contribution in [0.2, 0.25) is 0 Å². The number of amides is 1. The van der Waals surface area contributed by atoms with Crippen LogP contribution >= 0.6 is 0 Å². The van der Waals surface area contributed by atoms with Gasteiger partial charge in [-0.15, -0.1) is 0 Å². The number of hydrogen-bond donors (Lipinski definition) is 3. The van der Waals surface area contributed by atoms with E-state index in [9.17, 15) is 9.90 Å². The van der Waals surface area contributed by atoms with Crippen LogP contribution in [0, 0.1) is 5.92 Å². The molecule has 3 N–H and O–H groups in total. The number of aliphatic hydroxyl groups is 1. The third-order valence-electron chi connectivity index (χ3n) is 3.51. The van der Waals surface area contributed by atoms with E-state index >= 15 is 0 Å². The first-order valence-corrected chi connectivity index (χ1v) is 6.87. The zero-order chi connectivity index (χ0) is 14.3. The number of carbonyl (C=O) groups excluding carboxylic acids is 1. The van der Waals surface area contributed by atoms with E-state index in [1.165, 1.54) is 0 Å². The normalized spacial score (nSPS) is 12.3. The molecule has 1 atom stereocenters. The Morgan fingerprint density at radius 3 is 2.47 bits per heavy atom. The van der Waals surface area contributed by atoms with E-state index in [0.717, 1.165) is 18.5 Å². The highest BCUT2D eigenvalue weighted by atomic mass is 16.3. The van der Waals surface area contributed by atoms with Crippen molar-refractivity contribution in [3.63, 3.8) is 0 Å². The maximum Gasteiger partial charge on any atom is 0.253 e. The second-order valence-electron chi connectivity index (χ2n) is 4.65. The van der Waals surface area contributed by atoms with Gasteiger partial charge in [0.1, 0.15) is 0 Å². The molecule has 0 aliphatic rings. The Balaban J connectivity index is 2.60. The minimum Gasteiger partial charge on any atom is -0.391 e. The molecule has 0 bridgehead atoms. The second-order valence-corrected chi connectivity index (χ2v) is 4.65. The summed E-state index contributed by atoms with van der Waals surface area (Å²) in [6.07, 6.45) is 1.35. The summed E-state index contributed by atoms with van der Waals surface area (Å²) in [6.45, 7) is 4.40. The van der Waals surface area contributed by atoms with Crippen LogP contribution in [-0.2, 0) is 0 Å². The number of aliphatic hydroxyl groups excluding tert-OH is 1. The lowest BCUT2D eigenvalue weighted by atomic mass is 9.96. The van der Waals surface area contributed by atoms with E-state index in [1.54, 1.807) is 13.1 Å². The maximum atomic E-state index is 12.1. The number of anilines is 1. The topological polar surface area (TPSA) is 61.4 Å². The van der Waals surface area contributed by atoms with Crippen LogP contribution in [-0.4, -0.2) is 30.7 Å². The lowest BCUT2D eigenvalue weighted by Crippen LogP contribution is -2.36. The van der Waals surface area contributed by atoms with Crippen LogP contribution in [0.3, 0.4) is 0 Å². The number of benzene rings is 1. The standard InChI is InChI=1S/C15H24N2O2/c1-4-11(5-2)14(18)10-17-15(19)12-8-6-7-9-13(12)16-3/h6-9,11,14,16,18H,4-5,10H2,1-3H3,(H,17,19). The maximum absolute atomic E-state index is 12.1. The molecule has 1 aromatic rings. The Kier molecular flexibility index (Phi) is 6.36. The smallest absolute Gasteiger partial charge is 0.253 e. The van der Waals surface area contributed by atoms with Crippen molar-refractivity contribution in [3.8, 4) is 0 Å². The molecule has 0 saturated heterocycles. The van der Waals surface area contributed by atoms with Gasteiger partial charge in [0.25, 0.3) is 5.91 Å². The Bertz CT molecular complexity index is 403. The Morgan fingerprint density at radius 1 is 1.26 bits per heavy atom. The molecular formula is C15H24N2O2. The fourth-order valence-electron chi connectivity index (χ4n) is 2.19. The van der Waals surface area contributed by atoms with Gasteiger partial charge in [-0.25, -0.2) is 0 Å². The van der Waals surface area contributed by atoms with Gasteiger partial charge in [0, 0.05) is 19.3 Å². The average Bonchev–Trinajstić information content (AvgIpc) is 2.45. The summed E-state index contributed by atoms with van der Waals surface area (Å²) in [5.74, 6) is 0.0785. The quantitative estimate of drug-likeness (QED) is 0.708. The number of hydrogen-bond acceptors (Lipinski definition) is 3. The van der Waals surface area contributed by atoms with E-state index in [-0.39, 0.29) is 11.8 Å². The van der Waals surface area contributed by atoms with Gasteiger partial charge in [-0.2, -0.15) is 0 Å². The van der Waals surface area contributed by atoms with E-state index < -0.39 is 6.10 Å². The lowest BCUT2D eigenvalue weighted by molar-refractivity contribution is 0.0817. The van der Waals surface area contributed by atoms with Gasteiger partial charge in [0.2, 0.25) is 0 Å². The molecule has 19 heavy (non-hydrogen) atoms. The number of carbonyl (C=O) groups is 1. The first-order valence-electron chi connectivity index (χ1n) is 6.87. The van der Waals surface area contributed by atoms with Crippen LogP contribution in [0.4, 0.5) is 5.69 Å². The third kappa shape index (κ3) is 4.24. The SMILES string of the molecule is CCC(CC)C(O)CNC(=O)c1ccccc1NC. The fourth-order valence-corrected chi connectivity index (χ4v) is 2.19. The van der Waals surface area contributed by atoms with Crippen LogP contribution in [0.15, 0.2) is 24.3 Å². The molecule has 0 aromatic heterocycles. The summed E-state index contributed by atoms with van der Waals surface area (Å²) in [4.78, 5) is 12.1. The van der Waals surface area contributed by atoms with Gasteiger partial charge in [0.05, 0.1) is 11.7 Å². The monoisotopic (exact) mass is 264 g/mol. The van der Waals surface area contributed by atoms with Crippen molar-refractivity contribution in [2.45, 2.75) is 32.8 Å². The molecule has 0 spiro atoms. The highest BCUT2D eigenvalue weighted by molar-refractivity contribution is 5.99. The summed E-state index contributed by atoms with van der Waals surface area (Å²) >= 11 is 0. The van der Waals surface area contributed by atoms with Crippen LogP contribution in [0.1, 0.15) is 37.0 Å².